The minimum atomic E-state index is -0.350. The van der Waals surface area contributed by atoms with Crippen molar-refractivity contribution in [2.45, 2.75) is 90.3 Å². The molecule has 7 heteroatoms. The van der Waals surface area contributed by atoms with Crippen molar-refractivity contribution in [1.29, 1.82) is 0 Å². The van der Waals surface area contributed by atoms with Gasteiger partial charge < -0.3 is 21.3 Å². The Morgan fingerprint density at radius 1 is 1.31 bits per heavy atom. The number of rotatable bonds is 8. The van der Waals surface area contributed by atoms with Crippen LogP contribution in [-0.2, 0) is 9.59 Å². The van der Waals surface area contributed by atoms with E-state index >= 15 is 0 Å². The first kappa shape index (κ1) is 22.5. The van der Waals surface area contributed by atoms with Crippen molar-refractivity contribution in [2.75, 3.05) is 13.1 Å². The standard InChI is InChI=1S/C22H38N4O2S/c1-4-5-6-14-9-15(10-14)20(27)24-13-17-8-7-16-11-22(2,3)19(21(28)26(16)17)25-18(29)12-23/h14-17,19H,4-13,23H2,1-3H3,(H,24,27)(H,25,29)/t14?,15?,16?,17?,19-/m1/s1. The van der Waals surface area contributed by atoms with Crippen molar-refractivity contribution < 1.29 is 9.59 Å². The lowest BCUT2D eigenvalue weighted by molar-refractivity contribution is -0.145. The molecule has 2 aliphatic heterocycles. The molecule has 0 aromatic heterocycles. The summed E-state index contributed by atoms with van der Waals surface area (Å²) in [5.74, 6) is 1.17. The van der Waals surface area contributed by atoms with Gasteiger partial charge in [-0.2, -0.15) is 0 Å². The zero-order valence-electron chi connectivity index (χ0n) is 18.2. The van der Waals surface area contributed by atoms with Crippen molar-refractivity contribution >= 4 is 29.0 Å². The number of carbonyl (C=O) groups is 2. The summed E-state index contributed by atoms with van der Waals surface area (Å²) in [7, 11) is 0. The highest BCUT2D eigenvalue weighted by Crippen LogP contribution is 2.42. The first-order chi connectivity index (χ1) is 13.8. The summed E-state index contributed by atoms with van der Waals surface area (Å²) >= 11 is 5.25. The average Bonchev–Trinajstić information content (AvgIpc) is 3.03. The molecule has 3 atom stereocenters. The van der Waals surface area contributed by atoms with Crippen LogP contribution in [0.25, 0.3) is 0 Å². The summed E-state index contributed by atoms with van der Waals surface area (Å²) in [5.41, 5.74) is 5.47. The Balaban J connectivity index is 1.54. The van der Waals surface area contributed by atoms with E-state index in [9.17, 15) is 9.59 Å². The zero-order chi connectivity index (χ0) is 21.2. The number of amides is 2. The van der Waals surface area contributed by atoms with E-state index in [0.29, 0.717) is 11.5 Å². The van der Waals surface area contributed by atoms with Crippen molar-refractivity contribution in [1.82, 2.24) is 15.5 Å². The number of fused-ring (bicyclic) bond motifs is 1. The molecule has 1 aliphatic carbocycles. The molecular weight excluding hydrogens is 384 g/mol. The number of nitrogens with one attached hydrogen (secondary N) is 2. The molecule has 164 valence electrons. The van der Waals surface area contributed by atoms with Crippen LogP contribution >= 0.6 is 12.2 Å². The summed E-state index contributed by atoms with van der Waals surface area (Å²) in [6.45, 7) is 7.27. The molecule has 3 fully saturated rings. The van der Waals surface area contributed by atoms with E-state index in [1.165, 1.54) is 19.3 Å². The SMILES string of the molecule is CCCCC1CC(C(=O)NCC2CCC3CC(C)(C)[C@H](NC(=S)CN)C(=O)N23)C1. The Kier molecular flexibility index (Phi) is 7.20. The van der Waals surface area contributed by atoms with Gasteiger partial charge in [0, 0.05) is 31.1 Å². The highest BCUT2D eigenvalue weighted by atomic mass is 32.1. The van der Waals surface area contributed by atoms with Gasteiger partial charge in [-0.15, -0.1) is 0 Å². The van der Waals surface area contributed by atoms with Crippen LogP contribution in [0.3, 0.4) is 0 Å². The number of thiocarbonyl (C=S) groups is 1. The molecule has 3 aliphatic rings. The van der Waals surface area contributed by atoms with Crippen LogP contribution in [-0.4, -0.2) is 52.9 Å². The highest BCUT2D eigenvalue weighted by Gasteiger charge is 2.51. The quantitative estimate of drug-likeness (QED) is 0.523. The molecule has 2 amide bonds. The first-order valence-electron chi connectivity index (χ1n) is 11.4. The maximum atomic E-state index is 13.3. The van der Waals surface area contributed by atoms with E-state index in [4.69, 9.17) is 18.0 Å². The van der Waals surface area contributed by atoms with Gasteiger partial charge in [0.15, 0.2) is 0 Å². The molecule has 0 aromatic carbocycles. The average molecular weight is 423 g/mol. The van der Waals surface area contributed by atoms with E-state index in [2.05, 4.69) is 31.4 Å². The predicted octanol–water partition coefficient (Wildman–Crippen LogP) is 2.35. The molecule has 2 saturated heterocycles. The third-order valence-corrected chi connectivity index (χ3v) is 7.52. The molecule has 0 radical (unpaired) electrons. The number of hydrogen-bond acceptors (Lipinski definition) is 4. The molecule has 0 aromatic rings. The third-order valence-electron chi connectivity index (χ3n) is 7.24. The van der Waals surface area contributed by atoms with Crippen LogP contribution in [0.4, 0.5) is 0 Å². The van der Waals surface area contributed by atoms with Crippen LogP contribution < -0.4 is 16.4 Å². The van der Waals surface area contributed by atoms with Gasteiger partial charge >= 0.3 is 0 Å². The van der Waals surface area contributed by atoms with Crippen LogP contribution in [0, 0.1) is 17.3 Å². The zero-order valence-corrected chi connectivity index (χ0v) is 19.0. The summed E-state index contributed by atoms with van der Waals surface area (Å²) in [4.78, 5) is 28.4. The number of nitrogens with zero attached hydrogens (tertiary/aromatic N) is 1. The first-order valence-corrected chi connectivity index (χ1v) is 11.8. The fourth-order valence-electron chi connectivity index (χ4n) is 5.45. The number of unbranched alkanes of at least 4 members (excludes halogenated alkanes) is 1. The Hall–Kier alpha value is -1.21. The van der Waals surface area contributed by atoms with Crippen LogP contribution in [0.1, 0.15) is 72.1 Å². The monoisotopic (exact) mass is 422 g/mol. The molecule has 6 nitrogen and oxygen atoms in total. The number of piperidine rings is 1. The summed E-state index contributed by atoms with van der Waals surface area (Å²) in [5, 5.41) is 6.34. The largest absolute Gasteiger partial charge is 0.367 e. The third kappa shape index (κ3) is 4.93. The summed E-state index contributed by atoms with van der Waals surface area (Å²) in [6.07, 6.45) is 8.69. The van der Waals surface area contributed by atoms with Gasteiger partial charge in [0.25, 0.3) is 0 Å². The Morgan fingerprint density at radius 2 is 2.03 bits per heavy atom. The lowest BCUT2D eigenvalue weighted by Crippen LogP contribution is -2.64. The second kappa shape index (κ2) is 9.29. The van der Waals surface area contributed by atoms with Gasteiger partial charge in [0.05, 0.1) is 4.99 Å². The molecule has 2 unspecified atom stereocenters. The molecule has 0 spiro atoms. The second-order valence-electron chi connectivity index (χ2n) is 9.95. The van der Waals surface area contributed by atoms with Gasteiger partial charge in [0.2, 0.25) is 11.8 Å². The Bertz CT molecular complexity index is 632. The number of carbonyl (C=O) groups excluding carboxylic acids is 2. The van der Waals surface area contributed by atoms with E-state index in [0.717, 1.165) is 38.0 Å². The van der Waals surface area contributed by atoms with E-state index in [1.807, 2.05) is 4.90 Å². The van der Waals surface area contributed by atoms with Gasteiger partial charge in [-0.05, 0) is 43.4 Å². The van der Waals surface area contributed by atoms with Crippen molar-refractivity contribution in [3.8, 4) is 0 Å². The summed E-state index contributed by atoms with van der Waals surface area (Å²) < 4.78 is 0. The van der Waals surface area contributed by atoms with E-state index in [-0.39, 0.29) is 47.8 Å². The maximum Gasteiger partial charge on any atom is 0.246 e. The van der Waals surface area contributed by atoms with Crippen molar-refractivity contribution in [3.63, 3.8) is 0 Å². The maximum absolute atomic E-state index is 13.3. The molecule has 0 bridgehead atoms. The van der Waals surface area contributed by atoms with Gasteiger partial charge in [-0.3, -0.25) is 9.59 Å². The van der Waals surface area contributed by atoms with Crippen LogP contribution in [0.2, 0.25) is 0 Å². The lowest BCUT2D eigenvalue weighted by Gasteiger charge is -2.47. The van der Waals surface area contributed by atoms with E-state index < -0.39 is 0 Å². The normalized spacial score (nSPS) is 33.0. The topological polar surface area (TPSA) is 87.5 Å². The van der Waals surface area contributed by atoms with Crippen molar-refractivity contribution in [3.05, 3.63) is 0 Å². The lowest BCUT2D eigenvalue weighted by atomic mass is 9.72. The molecule has 29 heavy (non-hydrogen) atoms. The van der Waals surface area contributed by atoms with Gasteiger partial charge in [-0.25, -0.2) is 0 Å². The highest BCUT2D eigenvalue weighted by molar-refractivity contribution is 7.80. The molecule has 2 heterocycles. The van der Waals surface area contributed by atoms with Gasteiger partial charge in [-0.1, -0.05) is 52.3 Å². The number of hydrogen-bond donors (Lipinski definition) is 3. The van der Waals surface area contributed by atoms with Crippen LogP contribution in [0.5, 0.6) is 0 Å². The predicted molar refractivity (Wildman–Crippen MR) is 119 cm³/mol. The fourth-order valence-corrected chi connectivity index (χ4v) is 5.57. The fraction of sp³-hybridized carbons (Fsp3) is 0.864. The van der Waals surface area contributed by atoms with Crippen LogP contribution in [0.15, 0.2) is 0 Å². The Morgan fingerprint density at radius 3 is 2.69 bits per heavy atom. The minimum Gasteiger partial charge on any atom is -0.367 e. The minimum absolute atomic E-state index is 0.0827. The van der Waals surface area contributed by atoms with Crippen molar-refractivity contribution in [2.24, 2.45) is 23.0 Å². The second-order valence-corrected chi connectivity index (χ2v) is 10.4. The molecule has 4 N–H and O–H groups in total. The molecule has 1 saturated carbocycles. The molecule has 3 rings (SSSR count). The smallest absolute Gasteiger partial charge is 0.246 e. The van der Waals surface area contributed by atoms with Gasteiger partial charge in [0.1, 0.15) is 6.04 Å². The number of nitrogens with two attached hydrogens (primary N) is 1. The molecular formula is C22H38N4O2S. The van der Waals surface area contributed by atoms with E-state index in [1.54, 1.807) is 0 Å². The Labute approximate surface area is 180 Å². The summed E-state index contributed by atoms with van der Waals surface area (Å²) in [6, 6.07) is -0.0117.